The number of amides is 1. The SMILES string of the molecule is CCCCCCCCCCCCCCCCCCCCCCCCCCC(=O)NC(COC1OC(CO)C(OC2OC(CO)C(O)C(O)C2O)C(O)C1O)C(O)CCCCCCCCCCCCCCCCCCC. The van der Waals surface area contributed by atoms with Gasteiger partial charge in [0.2, 0.25) is 5.91 Å². The molecule has 0 radical (unpaired) electrons. The van der Waals surface area contributed by atoms with Crippen molar-refractivity contribution in [3.8, 4) is 0 Å². The number of aliphatic hydroxyl groups excluding tert-OH is 8. The van der Waals surface area contributed by atoms with Crippen molar-refractivity contribution in [1.29, 1.82) is 0 Å². The van der Waals surface area contributed by atoms with Gasteiger partial charge in [0.15, 0.2) is 12.6 Å². The molecule has 0 spiro atoms. The summed E-state index contributed by atoms with van der Waals surface area (Å²) in [4.78, 5) is 13.3. The largest absolute Gasteiger partial charge is 0.394 e. The summed E-state index contributed by atoms with van der Waals surface area (Å²) in [6.45, 7) is 2.91. The van der Waals surface area contributed by atoms with Crippen molar-refractivity contribution >= 4 is 5.91 Å². The fourth-order valence-corrected chi connectivity index (χ4v) is 10.9. The third-order valence-electron chi connectivity index (χ3n) is 16.1. The van der Waals surface area contributed by atoms with Gasteiger partial charge >= 0.3 is 0 Å². The molecule has 75 heavy (non-hydrogen) atoms. The highest BCUT2D eigenvalue weighted by molar-refractivity contribution is 5.76. The molecule has 2 heterocycles. The van der Waals surface area contributed by atoms with Crippen molar-refractivity contribution in [2.24, 2.45) is 0 Å². The Balaban J connectivity index is 1.70. The van der Waals surface area contributed by atoms with E-state index in [9.17, 15) is 45.6 Å². The molecule has 2 rings (SSSR count). The van der Waals surface area contributed by atoms with Gasteiger partial charge in [-0.2, -0.15) is 0 Å². The molecule has 14 nitrogen and oxygen atoms in total. The number of ether oxygens (including phenoxy) is 4. The Bertz CT molecular complexity index is 1270. The summed E-state index contributed by atoms with van der Waals surface area (Å²) in [5.74, 6) is -0.199. The molecule has 0 aromatic heterocycles. The second kappa shape index (κ2) is 47.8. The number of aliphatic hydroxyl groups is 8. The maximum atomic E-state index is 13.3. The Hall–Kier alpha value is -1.01. The van der Waals surface area contributed by atoms with E-state index < -0.39 is 86.8 Å². The predicted molar refractivity (Wildman–Crippen MR) is 300 cm³/mol. The van der Waals surface area contributed by atoms with Crippen LogP contribution < -0.4 is 5.32 Å². The van der Waals surface area contributed by atoms with Gasteiger partial charge in [-0.3, -0.25) is 4.79 Å². The van der Waals surface area contributed by atoms with Crippen LogP contribution in [0.4, 0.5) is 0 Å². The quantitative estimate of drug-likeness (QED) is 0.0259. The van der Waals surface area contributed by atoms with Crippen LogP contribution in [-0.4, -0.2) is 140 Å². The molecule has 12 atom stereocenters. The van der Waals surface area contributed by atoms with Gasteiger partial charge in [0, 0.05) is 6.42 Å². The van der Waals surface area contributed by atoms with Crippen LogP contribution >= 0.6 is 0 Å². The highest BCUT2D eigenvalue weighted by atomic mass is 16.7. The molecule has 1 amide bonds. The van der Waals surface area contributed by atoms with E-state index in [0.29, 0.717) is 12.8 Å². The summed E-state index contributed by atoms with van der Waals surface area (Å²) in [5, 5.41) is 87.4. The monoisotopic (exact) mass is 1070 g/mol. The number of hydrogen-bond donors (Lipinski definition) is 9. The van der Waals surface area contributed by atoms with Crippen LogP contribution in [0.2, 0.25) is 0 Å². The lowest BCUT2D eigenvalue weighted by molar-refractivity contribution is -0.359. The van der Waals surface area contributed by atoms with E-state index in [2.05, 4.69) is 19.2 Å². The Kier molecular flexibility index (Phi) is 44.6. The number of hydrogen-bond acceptors (Lipinski definition) is 13. The molecule has 0 saturated carbocycles. The van der Waals surface area contributed by atoms with E-state index in [1.165, 1.54) is 212 Å². The third kappa shape index (κ3) is 33.4. The molecular weight excluding hydrogens is 955 g/mol. The van der Waals surface area contributed by atoms with E-state index in [4.69, 9.17) is 18.9 Å². The number of unbranched alkanes of at least 4 members (excludes halogenated alkanes) is 39. The first-order chi connectivity index (χ1) is 36.6. The van der Waals surface area contributed by atoms with Crippen LogP contribution in [0, 0.1) is 0 Å². The van der Waals surface area contributed by atoms with Gasteiger partial charge in [-0.15, -0.1) is 0 Å². The van der Waals surface area contributed by atoms with Crippen molar-refractivity contribution in [1.82, 2.24) is 5.32 Å². The first kappa shape index (κ1) is 70.1. The summed E-state index contributed by atoms with van der Waals surface area (Å²) >= 11 is 0. The molecule has 9 N–H and O–H groups in total. The van der Waals surface area contributed by atoms with Crippen molar-refractivity contribution in [3.05, 3.63) is 0 Å². The Morgan fingerprint density at radius 3 is 1.13 bits per heavy atom. The van der Waals surface area contributed by atoms with Crippen LogP contribution in [0.25, 0.3) is 0 Å². The fraction of sp³-hybridized carbons (Fsp3) is 0.984. The standard InChI is InChI=1S/C61H119NO13/c1-3-5-7-9-11-13-15-17-19-21-22-23-24-25-26-27-29-31-33-35-37-39-41-43-45-53(66)62-49(50(65)44-42-40-38-36-34-32-30-28-20-18-16-14-12-10-8-6-4-2)48-72-60-58(71)56(69)59(52(47-64)74-60)75-61-57(70)55(68)54(67)51(46-63)73-61/h49-52,54-61,63-65,67-71H,3-48H2,1-2H3,(H,62,66). The topological polar surface area (TPSA) is 228 Å². The van der Waals surface area contributed by atoms with Gasteiger partial charge in [0.1, 0.15) is 48.8 Å². The molecule has 446 valence electrons. The average Bonchev–Trinajstić information content (AvgIpc) is 3.41. The molecule has 2 aliphatic heterocycles. The number of rotatable bonds is 52. The summed E-state index contributed by atoms with van der Waals surface area (Å²) in [5.41, 5.74) is 0. The Morgan fingerprint density at radius 2 is 0.760 bits per heavy atom. The minimum absolute atomic E-state index is 0.199. The minimum Gasteiger partial charge on any atom is -0.394 e. The Labute approximate surface area is 457 Å². The zero-order valence-corrected chi connectivity index (χ0v) is 48.1. The maximum Gasteiger partial charge on any atom is 0.220 e. The smallest absolute Gasteiger partial charge is 0.220 e. The van der Waals surface area contributed by atoms with Crippen molar-refractivity contribution < 1.29 is 64.6 Å². The Morgan fingerprint density at radius 1 is 0.427 bits per heavy atom. The third-order valence-corrected chi connectivity index (χ3v) is 16.1. The molecule has 14 heteroatoms. The first-order valence-electron chi connectivity index (χ1n) is 31.8. The van der Waals surface area contributed by atoms with Crippen LogP contribution in [-0.2, 0) is 23.7 Å². The normalized spacial score (nSPS) is 24.9. The van der Waals surface area contributed by atoms with Gasteiger partial charge in [0.05, 0.1) is 32.0 Å². The number of nitrogens with one attached hydrogen (secondary N) is 1. The molecule has 0 aromatic rings. The molecule has 2 fully saturated rings. The fourth-order valence-electron chi connectivity index (χ4n) is 10.9. The predicted octanol–water partition coefficient (Wildman–Crippen LogP) is 11.3. The highest BCUT2D eigenvalue weighted by Gasteiger charge is 2.51. The van der Waals surface area contributed by atoms with Gasteiger partial charge in [-0.25, -0.2) is 0 Å². The van der Waals surface area contributed by atoms with Crippen LogP contribution in [0.1, 0.15) is 290 Å². The molecule has 2 aliphatic rings. The highest BCUT2D eigenvalue weighted by Crippen LogP contribution is 2.30. The lowest BCUT2D eigenvalue weighted by Crippen LogP contribution is -2.65. The zero-order valence-electron chi connectivity index (χ0n) is 48.1. The molecular formula is C61H119NO13. The van der Waals surface area contributed by atoms with Crippen LogP contribution in [0.3, 0.4) is 0 Å². The van der Waals surface area contributed by atoms with E-state index in [-0.39, 0.29) is 12.5 Å². The molecule has 0 aromatic carbocycles. The lowest BCUT2D eigenvalue weighted by Gasteiger charge is -2.46. The van der Waals surface area contributed by atoms with Gasteiger partial charge in [-0.1, -0.05) is 271 Å². The van der Waals surface area contributed by atoms with Gasteiger partial charge in [0.25, 0.3) is 0 Å². The van der Waals surface area contributed by atoms with E-state index >= 15 is 0 Å². The number of carbonyl (C=O) groups is 1. The van der Waals surface area contributed by atoms with E-state index in [1.807, 2.05) is 0 Å². The van der Waals surface area contributed by atoms with E-state index in [0.717, 1.165) is 51.4 Å². The molecule has 0 aliphatic carbocycles. The number of carbonyl (C=O) groups excluding carboxylic acids is 1. The maximum absolute atomic E-state index is 13.3. The molecule has 2 saturated heterocycles. The second-order valence-electron chi connectivity index (χ2n) is 22.9. The van der Waals surface area contributed by atoms with E-state index in [1.54, 1.807) is 0 Å². The van der Waals surface area contributed by atoms with Crippen LogP contribution in [0.15, 0.2) is 0 Å². The lowest BCUT2D eigenvalue weighted by atomic mass is 9.97. The first-order valence-corrected chi connectivity index (χ1v) is 31.8. The zero-order chi connectivity index (χ0) is 54.6. The second-order valence-corrected chi connectivity index (χ2v) is 22.9. The summed E-state index contributed by atoms with van der Waals surface area (Å²) in [7, 11) is 0. The summed E-state index contributed by atoms with van der Waals surface area (Å²) in [6, 6.07) is -0.823. The molecule has 12 unspecified atom stereocenters. The van der Waals surface area contributed by atoms with Crippen LogP contribution in [0.5, 0.6) is 0 Å². The van der Waals surface area contributed by atoms with Gasteiger partial charge in [-0.05, 0) is 12.8 Å². The minimum atomic E-state index is -1.78. The van der Waals surface area contributed by atoms with Crippen molar-refractivity contribution in [2.45, 2.75) is 364 Å². The average molecular weight is 1070 g/mol. The van der Waals surface area contributed by atoms with Crippen molar-refractivity contribution in [2.75, 3.05) is 19.8 Å². The molecule has 0 bridgehead atoms. The summed E-state index contributed by atoms with van der Waals surface area (Å²) in [6.07, 6.45) is 36.8. The van der Waals surface area contributed by atoms with Gasteiger partial charge < -0.3 is 65.1 Å². The van der Waals surface area contributed by atoms with Crippen molar-refractivity contribution in [3.63, 3.8) is 0 Å². The summed E-state index contributed by atoms with van der Waals surface area (Å²) < 4.78 is 22.9.